The van der Waals surface area contributed by atoms with Gasteiger partial charge in [0.25, 0.3) is 0 Å². The molecular formula is C14H23N3OSi. The molecule has 4 nitrogen and oxygen atoms in total. The zero-order chi connectivity index (χ0) is 13.9. The third kappa shape index (κ3) is 3.88. The van der Waals surface area contributed by atoms with E-state index in [0.29, 0.717) is 6.73 Å². The molecule has 0 radical (unpaired) electrons. The molecule has 0 aliphatic rings. The first-order valence-electron chi connectivity index (χ1n) is 6.87. The Morgan fingerprint density at radius 2 is 2.05 bits per heavy atom. The maximum atomic E-state index is 5.74. The molecule has 0 saturated heterocycles. The molecule has 19 heavy (non-hydrogen) atoms. The fourth-order valence-corrected chi connectivity index (χ4v) is 2.58. The lowest BCUT2D eigenvalue weighted by atomic mass is 10.2. The second-order valence-corrected chi connectivity index (χ2v) is 11.7. The normalized spacial score (nSPS) is 12.2. The Morgan fingerprint density at radius 1 is 1.26 bits per heavy atom. The van der Waals surface area contributed by atoms with Gasteiger partial charge in [0.05, 0.1) is 6.33 Å². The van der Waals surface area contributed by atoms with Crippen molar-refractivity contribution >= 4 is 19.2 Å². The molecule has 0 aliphatic heterocycles. The monoisotopic (exact) mass is 277 g/mol. The predicted molar refractivity (Wildman–Crippen MR) is 81.0 cm³/mol. The number of hydrogen-bond acceptors (Lipinski definition) is 3. The van der Waals surface area contributed by atoms with Crippen LogP contribution in [0.15, 0.2) is 18.6 Å². The second-order valence-electron chi connectivity index (χ2n) is 6.10. The van der Waals surface area contributed by atoms with Crippen molar-refractivity contribution in [1.29, 1.82) is 0 Å². The van der Waals surface area contributed by atoms with Gasteiger partial charge in [0, 0.05) is 20.9 Å². The number of aromatic nitrogens is 3. The Hall–Kier alpha value is -1.20. The van der Waals surface area contributed by atoms with Crippen molar-refractivity contribution in [2.24, 2.45) is 0 Å². The predicted octanol–water partition coefficient (Wildman–Crippen LogP) is 3.31. The standard InChI is InChI=1S/C14H23N3OSi/c1-5-12-8-13-14(15-9-12)17(10-16-13)11-18-6-7-19(2,3)4/h8-10H,5-7,11H2,1-4H3. The van der Waals surface area contributed by atoms with Crippen LogP contribution in [0.1, 0.15) is 12.5 Å². The Kier molecular flexibility index (Phi) is 4.37. The summed E-state index contributed by atoms with van der Waals surface area (Å²) >= 11 is 0. The van der Waals surface area contributed by atoms with Gasteiger partial charge in [0.1, 0.15) is 12.2 Å². The molecule has 2 aromatic rings. The minimum atomic E-state index is -1.01. The molecule has 0 atom stereocenters. The summed E-state index contributed by atoms with van der Waals surface area (Å²) in [5, 5.41) is 0. The van der Waals surface area contributed by atoms with Gasteiger partial charge in [-0.3, -0.25) is 4.57 Å². The van der Waals surface area contributed by atoms with E-state index in [0.717, 1.165) is 24.2 Å². The Bertz CT molecular complexity index is 545. The van der Waals surface area contributed by atoms with Crippen molar-refractivity contribution in [3.63, 3.8) is 0 Å². The van der Waals surface area contributed by atoms with Gasteiger partial charge in [-0.05, 0) is 24.1 Å². The summed E-state index contributed by atoms with van der Waals surface area (Å²) in [6.07, 6.45) is 4.72. The molecule has 0 aromatic carbocycles. The number of fused-ring (bicyclic) bond motifs is 1. The summed E-state index contributed by atoms with van der Waals surface area (Å²) in [5.74, 6) is 0. The van der Waals surface area contributed by atoms with Crippen LogP contribution in [0.4, 0.5) is 0 Å². The van der Waals surface area contributed by atoms with Crippen LogP contribution in [0.3, 0.4) is 0 Å². The van der Waals surface area contributed by atoms with E-state index in [4.69, 9.17) is 4.74 Å². The molecule has 0 amide bonds. The van der Waals surface area contributed by atoms with E-state index in [1.54, 1.807) is 0 Å². The molecule has 0 saturated carbocycles. The maximum absolute atomic E-state index is 5.74. The summed E-state index contributed by atoms with van der Waals surface area (Å²) in [6.45, 7) is 10.6. The fraction of sp³-hybridized carbons (Fsp3) is 0.571. The van der Waals surface area contributed by atoms with E-state index < -0.39 is 8.07 Å². The lowest BCUT2D eigenvalue weighted by Crippen LogP contribution is -2.22. The highest BCUT2D eigenvalue weighted by molar-refractivity contribution is 6.76. The van der Waals surface area contributed by atoms with Gasteiger partial charge >= 0.3 is 0 Å². The van der Waals surface area contributed by atoms with Crippen LogP contribution < -0.4 is 0 Å². The van der Waals surface area contributed by atoms with Gasteiger partial charge in [-0.1, -0.05) is 26.6 Å². The van der Waals surface area contributed by atoms with Crippen molar-refractivity contribution in [2.45, 2.75) is 45.8 Å². The minimum Gasteiger partial charge on any atom is -0.361 e. The number of nitrogens with zero attached hydrogens (tertiary/aromatic N) is 3. The quantitative estimate of drug-likeness (QED) is 0.601. The number of aryl methyl sites for hydroxylation is 1. The third-order valence-corrected chi connectivity index (χ3v) is 4.85. The van der Waals surface area contributed by atoms with Crippen molar-refractivity contribution in [3.05, 3.63) is 24.2 Å². The largest absolute Gasteiger partial charge is 0.361 e. The number of hydrogen-bond donors (Lipinski definition) is 0. The minimum absolute atomic E-state index is 0.541. The topological polar surface area (TPSA) is 39.9 Å². The molecule has 2 aromatic heterocycles. The lowest BCUT2D eigenvalue weighted by Gasteiger charge is -2.15. The highest BCUT2D eigenvalue weighted by Crippen LogP contribution is 2.13. The lowest BCUT2D eigenvalue weighted by molar-refractivity contribution is 0.0895. The van der Waals surface area contributed by atoms with Crippen LogP contribution >= 0.6 is 0 Å². The summed E-state index contributed by atoms with van der Waals surface area (Å²) in [4.78, 5) is 8.85. The number of rotatable bonds is 6. The highest BCUT2D eigenvalue weighted by atomic mass is 28.3. The molecule has 2 heterocycles. The molecule has 0 bridgehead atoms. The fourth-order valence-electron chi connectivity index (χ4n) is 1.82. The summed E-state index contributed by atoms with van der Waals surface area (Å²) in [6, 6.07) is 3.29. The first-order chi connectivity index (χ1) is 8.99. The van der Waals surface area contributed by atoms with Gasteiger partial charge in [0.2, 0.25) is 0 Å². The van der Waals surface area contributed by atoms with Crippen molar-refractivity contribution < 1.29 is 4.74 Å². The second kappa shape index (κ2) is 5.84. The van der Waals surface area contributed by atoms with Gasteiger partial charge in [-0.15, -0.1) is 0 Å². The van der Waals surface area contributed by atoms with Crippen LogP contribution in [0, 0.1) is 0 Å². The first kappa shape index (κ1) is 14.2. The van der Waals surface area contributed by atoms with Gasteiger partial charge in [-0.25, -0.2) is 9.97 Å². The molecule has 0 unspecified atom stereocenters. The van der Waals surface area contributed by atoms with E-state index in [-0.39, 0.29) is 0 Å². The van der Waals surface area contributed by atoms with Gasteiger partial charge in [-0.2, -0.15) is 0 Å². The number of imidazole rings is 1. The van der Waals surface area contributed by atoms with E-state index in [1.165, 1.54) is 11.6 Å². The Morgan fingerprint density at radius 3 is 2.74 bits per heavy atom. The molecule has 0 aliphatic carbocycles. The van der Waals surface area contributed by atoms with E-state index in [1.807, 2.05) is 17.1 Å². The zero-order valence-corrected chi connectivity index (χ0v) is 13.3. The van der Waals surface area contributed by atoms with Crippen molar-refractivity contribution in [3.8, 4) is 0 Å². The average Bonchev–Trinajstić information content (AvgIpc) is 2.75. The number of ether oxygens (including phenoxy) is 1. The average molecular weight is 277 g/mol. The smallest absolute Gasteiger partial charge is 0.161 e. The van der Waals surface area contributed by atoms with Crippen LogP contribution in [-0.2, 0) is 17.9 Å². The van der Waals surface area contributed by atoms with E-state index in [2.05, 4.69) is 42.6 Å². The molecular weight excluding hydrogens is 254 g/mol. The third-order valence-electron chi connectivity index (χ3n) is 3.15. The maximum Gasteiger partial charge on any atom is 0.161 e. The van der Waals surface area contributed by atoms with Crippen LogP contribution in [0.25, 0.3) is 11.2 Å². The van der Waals surface area contributed by atoms with E-state index in [9.17, 15) is 0 Å². The molecule has 104 valence electrons. The van der Waals surface area contributed by atoms with Crippen LogP contribution in [0.2, 0.25) is 25.7 Å². The van der Waals surface area contributed by atoms with Gasteiger partial charge < -0.3 is 4.74 Å². The molecule has 0 fully saturated rings. The van der Waals surface area contributed by atoms with Crippen molar-refractivity contribution in [2.75, 3.05) is 6.61 Å². The highest BCUT2D eigenvalue weighted by Gasteiger charge is 2.12. The summed E-state index contributed by atoms with van der Waals surface area (Å²) in [7, 11) is -1.01. The van der Waals surface area contributed by atoms with Crippen LogP contribution in [0.5, 0.6) is 0 Å². The molecule has 2 rings (SSSR count). The van der Waals surface area contributed by atoms with Gasteiger partial charge in [0.15, 0.2) is 5.65 Å². The summed E-state index contributed by atoms with van der Waals surface area (Å²) in [5.41, 5.74) is 3.08. The number of pyridine rings is 1. The zero-order valence-electron chi connectivity index (χ0n) is 12.3. The SMILES string of the molecule is CCc1cnc2c(c1)ncn2COCC[Si](C)(C)C. The Balaban J connectivity index is 1.98. The van der Waals surface area contributed by atoms with E-state index >= 15 is 0 Å². The summed E-state index contributed by atoms with van der Waals surface area (Å²) < 4.78 is 7.71. The van der Waals surface area contributed by atoms with Crippen molar-refractivity contribution in [1.82, 2.24) is 14.5 Å². The Labute approximate surface area is 115 Å². The molecule has 0 spiro atoms. The molecule has 0 N–H and O–H groups in total. The first-order valence-corrected chi connectivity index (χ1v) is 10.6. The van der Waals surface area contributed by atoms with Crippen LogP contribution in [-0.4, -0.2) is 29.2 Å². The molecule has 5 heteroatoms.